The molecular weight excluding hydrogens is 272 g/mol. The summed E-state index contributed by atoms with van der Waals surface area (Å²) < 4.78 is 10.8. The van der Waals surface area contributed by atoms with E-state index in [0.717, 1.165) is 34.2 Å². The number of hydrogen-bond acceptors (Lipinski definition) is 5. The molecule has 20 heavy (non-hydrogen) atoms. The molecule has 0 aliphatic carbocycles. The fraction of sp³-hybridized carbons (Fsp3) is 0.400. The standard InChI is InChI=1S/C15H18N2O2S/c1-9(2)15-14(17-13(20-15)5-6-16)10-3-4-11-12(7-10)19-8-18-11/h3-4,7,9H,5-6,8,16H2,1-2H3. The number of benzene rings is 1. The summed E-state index contributed by atoms with van der Waals surface area (Å²) in [6.07, 6.45) is 0.828. The third-order valence-electron chi connectivity index (χ3n) is 3.23. The summed E-state index contributed by atoms with van der Waals surface area (Å²) in [5.74, 6) is 2.04. The fourth-order valence-corrected chi connectivity index (χ4v) is 3.36. The van der Waals surface area contributed by atoms with Crippen molar-refractivity contribution in [3.8, 4) is 22.8 Å². The highest BCUT2D eigenvalue weighted by Gasteiger charge is 2.19. The molecule has 0 saturated heterocycles. The number of ether oxygens (including phenoxy) is 2. The maximum atomic E-state index is 5.64. The van der Waals surface area contributed by atoms with E-state index < -0.39 is 0 Å². The summed E-state index contributed by atoms with van der Waals surface area (Å²) in [4.78, 5) is 6.06. The number of hydrogen-bond donors (Lipinski definition) is 1. The summed E-state index contributed by atoms with van der Waals surface area (Å²) in [7, 11) is 0. The predicted octanol–water partition coefficient (Wildman–Crippen LogP) is 3.16. The third kappa shape index (κ3) is 2.39. The number of rotatable bonds is 4. The lowest BCUT2D eigenvalue weighted by Gasteiger charge is -2.06. The monoisotopic (exact) mass is 290 g/mol. The van der Waals surface area contributed by atoms with Crippen LogP contribution in [-0.2, 0) is 6.42 Å². The first-order chi connectivity index (χ1) is 9.69. The van der Waals surface area contributed by atoms with Gasteiger partial charge in [-0.1, -0.05) is 13.8 Å². The first kappa shape index (κ1) is 13.4. The zero-order valence-corrected chi connectivity index (χ0v) is 12.5. The van der Waals surface area contributed by atoms with E-state index in [1.807, 2.05) is 18.2 Å². The molecule has 2 heterocycles. The van der Waals surface area contributed by atoms with E-state index in [1.165, 1.54) is 4.88 Å². The van der Waals surface area contributed by atoms with E-state index in [-0.39, 0.29) is 0 Å². The minimum atomic E-state index is 0.297. The Morgan fingerprint density at radius 2 is 2.10 bits per heavy atom. The van der Waals surface area contributed by atoms with Gasteiger partial charge in [-0.3, -0.25) is 0 Å². The molecule has 1 aliphatic heterocycles. The molecule has 0 atom stereocenters. The van der Waals surface area contributed by atoms with E-state index in [2.05, 4.69) is 13.8 Å². The lowest BCUT2D eigenvalue weighted by molar-refractivity contribution is 0.174. The van der Waals surface area contributed by atoms with Crippen molar-refractivity contribution in [2.75, 3.05) is 13.3 Å². The molecule has 1 aromatic heterocycles. The van der Waals surface area contributed by atoms with Gasteiger partial charge in [-0.25, -0.2) is 4.98 Å². The molecule has 106 valence electrons. The van der Waals surface area contributed by atoms with E-state index in [0.29, 0.717) is 19.3 Å². The Morgan fingerprint density at radius 3 is 2.85 bits per heavy atom. The Labute approximate surface area is 122 Å². The summed E-state index contributed by atoms with van der Waals surface area (Å²) >= 11 is 1.76. The van der Waals surface area contributed by atoms with Gasteiger partial charge in [0.25, 0.3) is 0 Å². The number of nitrogens with two attached hydrogens (primary N) is 1. The molecule has 5 heteroatoms. The minimum Gasteiger partial charge on any atom is -0.454 e. The molecule has 0 radical (unpaired) electrons. The van der Waals surface area contributed by atoms with Gasteiger partial charge >= 0.3 is 0 Å². The van der Waals surface area contributed by atoms with Gasteiger partial charge in [0.05, 0.1) is 10.7 Å². The number of nitrogens with zero attached hydrogens (tertiary/aromatic N) is 1. The summed E-state index contributed by atoms with van der Waals surface area (Å²) in [6.45, 7) is 5.31. The molecular formula is C15H18N2O2S. The Kier molecular flexibility index (Phi) is 3.63. The maximum absolute atomic E-state index is 5.64. The molecule has 0 fully saturated rings. The van der Waals surface area contributed by atoms with Gasteiger partial charge in [0.15, 0.2) is 11.5 Å². The van der Waals surface area contributed by atoms with E-state index >= 15 is 0 Å². The molecule has 1 aromatic carbocycles. The van der Waals surface area contributed by atoms with E-state index in [1.54, 1.807) is 11.3 Å². The van der Waals surface area contributed by atoms with Crippen LogP contribution in [0.5, 0.6) is 11.5 Å². The quantitative estimate of drug-likeness (QED) is 0.939. The van der Waals surface area contributed by atoms with Gasteiger partial charge in [0.2, 0.25) is 6.79 Å². The van der Waals surface area contributed by atoms with Crippen LogP contribution in [0.3, 0.4) is 0 Å². The molecule has 3 rings (SSSR count). The smallest absolute Gasteiger partial charge is 0.231 e. The maximum Gasteiger partial charge on any atom is 0.231 e. The first-order valence-corrected chi connectivity index (χ1v) is 7.60. The normalized spacial score (nSPS) is 13.2. The van der Waals surface area contributed by atoms with Crippen LogP contribution in [-0.4, -0.2) is 18.3 Å². The molecule has 0 amide bonds. The molecule has 2 aromatic rings. The van der Waals surface area contributed by atoms with Crippen LogP contribution in [0.4, 0.5) is 0 Å². The lowest BCUT2D eigenvalue weighted by atomic mass is 10.1. The van der Waals surface area contributed by atoms with E-state index in [9.17, 15) is 0 Å². The predicted molar refractivity (Wildman–Crippen MR) is 80.5 cm³/mol. The minimum absolute atomic E-state index is 0.297. The van der Waals surface area contributed by atoms with E-state index in [4.69, 9.17) is 20.2 Å². The highest BCUT2D eigenvalue weighted by molar-refractivity contribution is 7.12. The van der Waals surface area contributed by atoms with Crippen LogP contribution in [0.2, 0.25) is 0 Å². The number of aromatic nitrogens is 1. The molecule has 0 spiro atoms. The largest absolute Gasteiger partial charge is 0.454 e. The number of fused-ring (bicyclic) bond motifs is 1. The zero-order valence-electron chi connectivity index (χ0n) is 11.7. The van der Waals surface area contributed by atoms with Crippen LogP contribution in [0.1, 0.15) is 29.7 Å². The number of thiazole rings is 1. The molecule has 0 bridgehead atoms. The summed E-state index contributed by atoms with van der Waals surface area (Å²) in [6, 6.07) is 6.00. The molecule has 1 aliphatic rings. The van der Waals surface area contributed by atoms with Crippen molar-refractivity contribution in [3.05, 3.63) is 28.1 Å². The van der Waals surface area contributed by atoms with Crippen LogP contribution < -0.4 is 15.2 Å². The Morgan fingerprint density at radius 1 is 1.30 bits per heavy atom. The molecule has 4 nitrogen and oxygen atoms in total. The van der Waals surface area contributed by atoms with Crippen LogP contribution >= 0.6 is 11.3 Å². The fourth-order valence-electron chi connectivity index (χ4n) is 2.25. The molecule has 0 saturated carbocycles. The first-order valence-electron chi connectivity index (χ1n) is 6.78. The second-order valence-corrected chi connectivity index (χ2v) is 6.20. The van der Waals surface area contributed by atoms with Crippen molar-refractivity contribution in [1.82, 2.24) is 4.98 Å². The summed E-state index contributed by atoms with van der Waals surface area (Å²) in [5, 5.41) is 1.10. The zero-order chi connectivity index (χ0) is 14.1. The Hall–Kier alpha value is -1.59. The van der Waals surface area contributed by atoms with Gasteiger partial charge in [0.1, 0.15) is 0 Å². The Bertz CT molecular complexity index is 622. The topological polar surface area (TPSA) is 57.4 Å². The van der Waals surface area contributed by atoms with Gasteiger partial charge in [-0.15, -0.1) is 11.3 Å². The van der Waals surface area contributed by atoms with Crippen molar-refractivity contribution in [2.45, 2.75) is 26.2 Å². The van der Waals surface area contributed by atoms with Gasteiger partial charge < -0.3 is 15.2 Å². The highest BCUT2D eigenvalue weighted by atomic mass is 32.1. The SMILES string of the molecule is CC(C)c1sc(CCN)nc1-c1ccc2c(c1)OCO2. The summed E-state index contributed by atoms with van der Waals surface area (Å²) in [5.41, 5.74) is 7.77. The Balaban J connectivity index is 2.04. The van der Waals surface area contributed by atoms with Crippen LogP contribution in [0.25, 0.3) is 11.3 Å². The van der Waals surface area contributed by atoms with Crippen molar-refractivity contribution in [1.29, 1.82) is 0 Å². The molecule has 0 unspecified atom stereocenters. The average molecular weight is 290 g/mol. The van der Waals surface area contributed by atoms with Crippen LogP contribution in [0, 0.1) is 0 Å². The van der Waals surface area contributed by atoms with Crippen molar-refractivity contribution >= 4 is 11.3 Å². The van der Waals surface area contributed by atoms with Gasteiger partial charge in [-0.05, 0) is 30.7 Å². The van der Waals surface area contributed by atoms with Crippen molar-refractivity contribution in [3.63, 3.8) is 0 Å². The highest BCUT2D eigenvalue weighted by Crippen LogP contribution is 2.39. The van der Waals surface area contributed by atoms with Crippen molar-refractivity contribution in [2.24, 2.45) is 5.73 Å². The van der Waals surface area contributed by atoms with Gasteiger partial charge in [0, 0.05) is 16.9 Å². The van der Waals surface area contributed by atoms with Crippen molar-refractivity contribution < 1.29 is 9.47 Å². The second kappa shape index (κ2) is 5.42. The van der Waals surface area contributed by atoms with Crippen LogP contribution in [0.15, 0.2) is 18.2 Å². The molecule has 2 N–H and O–H groups in total. The third-order valence-corrected chi connectivity index (χ3v) is 4.64. The lowest BCUT2D eigenvalue weighted by Crippen LogP contribution is -2.01. The average Bonchev–Trinajstić information content (AvgIpc) is 3.04. The second-order valence-electron chi connectivity index (χ2n) is 5.08. The van der Waals surface area contributed by atoms with Gasteiger partial charge in [-0.2, -0.15) is 0 Å².